The van der Waals surface area contributed by atoms with Gasteiger partial charge in [-0.15, -0.1) is 0 Å². The van der Waals surface area contributed by atoms with Gasteiger partial charge in [-0.05, 0) is 66.6 Å². The third kappa shape index (κ3) is 3.46. The molecule has 0 aromatic heterocycles. The molecule has 4 rings (SSSR count). The normalized spacial score (nSPS) is 50.7. The number of carbonyl (C=O) groups is 1. The van der Waals surface area contributed by atoms with Gasteiger partial charge in [0, 0.05) is 24.7 Å². The summed E-state index contributed by atoms with van der Waals surface area (Å²) in [7, 11) is 0. The topological polar surface area (TPSA) is 77.8 Å². The van der Waals surface area contributed by atoms with Crippen molar-refractivity contribution >= 4 is 5.78 Å². The molecule has 4 nitrogen and oxygen atoms in total. The highest BCUT2D eigenvalue weighted by Gasteiger charge is 2.70. The molecule has 0 radical (unpaired) electrons. The molecule has 0 aromatic carbocycles. The Morgan fingerprint density at radius 1 is 1.03 bits per heavy atom. The van der Waals surface area contributed by atoms with E-state index in [4.69, 9.17) is 0 Å². The second-order valence-electron chi connectivity index (χ2n) is 12.8. The van der Waals surface area contributed by atoms with Gasteiger partial charge in [0.15, 0.2) is 5.78 Å². The van der Waals surface area contributed by atoms with Crippen molar-refractivity contribution in [3.8, 4) is 0 Å². The molecule has 4 saturated carbocycles. The lowest BCUT2D eigenvalue weighted by molar-refractivity contribution is -0.245. The molecule has 10 atom stereocenters. The Hall–Kier alpha value is -0.450. The summed E-state index contributed by atoms with van der Waals surface area (Å²) in [5.74, 6) is 2.99. The molecule has 0 spiro atoms. The van der Waals surface area contributed by atoms with E-state index in [1.165, 1.54) is 32.1 Å². The number of fused-ring (bicyclic) bond motifs is 5. The lowest BCUT2D eigenvalue weighted by Gasteiger charge is -2.64. The van der Waals surface area contributed by atoms with Gasteiger partial charge in [0.05, 0.1) is 12.2 Å². The fraction of sp³-hybridized carbons (Fsp3) is 0.963. The fourth-order valence-corrected chi connectivity index (χ4v) is 9.11. The first-order valence-corrected chi connectivity index (χ1v) is 13.1. The van der Waals surface area contributed by atoms with Crippen LogP contribution in [0, 0.1) is 46.3 Å². The SMILES string of the molecule is CC(C)CCC[C@@H](C)[C@H]1CC[C@H]2[C@@H]3CC(=O)[C@@]4(O)C[C@@H](O)C[C@@H](O)[C@]4(C)[C@H]3CC[C@]12C. The van der Waals surface area contributed by atoms with E-state index in [9.17, 15) is 20.1 Å². The zero-order valence-electron chi connectivity index (χ0n) is 20.4. The van der Waals surface area contributed by atoms with Gasteiger partial charge in [0.1, 0.15) is 5.60 Å². The standard InChI is InChI=1S/C27H46O4/c1-16(2)7-6-8-17(3)20-9-10-21-19-14-24(30)27(31)15-18(28)13-23(29)26(27,5)22(19)11-12-25(20,21)4/h16-23,28-29,31H,6-15H2,1-5H3/t17-,18+,19+,20-,21+,22+,23-,25-,26+,27+/m1/s1. The molecule has 178 valence electrons. The van der Waals surface area contributed by atoms with Crippen molar-refractivity contribution in [2.24, 2.45) is 46.3 Å². The summed E-state index contributed by atoms with van der Waals surface area (Å²) in [6.45, 7) is 11.5. The lowest BCUT2D eigenvalue weighted by Crippen LogP contribution is -2.71. The highest BCUT2D eigenvalue weighted by molar-refractivity contribution is 5.90. The Kier molecular flexibility index (Phi) is 6.19. The Morgan fingerprint density at radius 2 is 1.74 bits per heavy atom. The summed E-state index contributed by atoms with van der Waals surface area (Å²) in [5.41, 5.74) is -2.15. The Labute approximate surface area is 189 Å². The van der Waals surface area contributed by atoms with E-state index in [0.717, 1.165) is 18.8 Å². The van der Waals surface area contributed by atoms with Crippen LogP contribution in [-0.4, -0.2) is 38.9 Å². The van der Waals surface area contributed by atoms with Crippen LogP contribution in [0.15, 0.2) is 0 Å². The molecule has 0 bridgehead atoms. The minimum absolute atomic E-state index is 0.0834. The number of rotatable bonds is 5. The van der Waals surface area contributed by atoms with E-state index in [2.05, 4.69) is 27.7 Å². The smallest absolute Gasteiger partial charge is 0.165 e. The van der Waals surface area contributed by atoms with Crippen LogP contribution in [0.25, 0.3) is 0 Å². The van der Waals surface area contributed by atoms with E-state index < -0.39 is 23.2 Å². The van der Waals surface area contributed by atoms with Crippen molar-refractivity contribution in [1.29, 1.82) is 0 Å². The lowest BCUT2D eigenvalue weighted by atomic mass is 9.42. The van der Waals surface area contributed by atoms with Crippen LogP contribution in [0.3, 0.4) is 0 Å². The number of aliphatic hydroxyl groups excluding tert-OH is 2. The van der Waals surface area contributed by atoms with Gasteiger partial charge in [-0.1, -0.05) is 53.9 Å². The minimum Gasteiger partial charge on any atom is -0.393 e. The van der Waals surface area contributed by atoms with Crippen LogP contribution >= 0.6 is 0 Å². The summed E-state index contributed by atoms with van der Waals surface area (Å²) in [6, 6.07) is 0. The molecule has 0 heterocycles. The molecule has 3 N–H and O–H groups in total. The first-order chi connectivity index (χ1) is 14.4. The molecule has 4 aliphatic rings. The van der Waals surface area contributed by atoms with Gasteiger partial charge < -0.3 is 15.3 Å². The van der Waals surface area contributed by atoms with E-state index in [-0.39, 0.29) is 35.9 Å². The highest BCUT2D eigenvalue weighted by Crippen LogP contribution is 2.68. The summed E-state index contributed by atoms with van der Waals surface area (Å²) in [5, 5.41) is 32.8. The number of aliphatic hydroxyl groups is 3. The maximum absolute atomic E-state index is 13.3. The molecule has 0 saturated heterocycles. The summed E-state index contributed by atoms with van der Waals surface area (Å²) >= 11 is 0. The van der Waals surface area contributed by atoms with Gasteiger partial charge in [0.2, 0.25) is 0 Å². The second-order valence-corrected chi connectivity index (χ2v) is 12.8. The first-order valence-electron chi connectivity index (χ1n) is 13.1. The third-order valence-corrected chi connectivity index (χ3v) is 10.9. The van der Waals surface area contributed by atoms with Gasteiger partial charge in [0.25, 0.3) is 0 Å². The molecule has 4 heteroatoms. The Balaban J connectivity index is 1.57. The maximum atomic E-state index is 13.3. The molecular weight excluding hydrogens is 388 g/mol. The monoisotopic (exact) mass is 434 g/mol. The summed E-state index contributed by atoms with van der Waals surface area (Å²) in [4.78, 5) is 13.3. The van der Waals surface area contributed by atoms with Crippen molar-refractivity contribution in [1.82, 2.24) is 0 Å². The minimum atomic E-state index is -1.58. The van der Waals surface area contributed by atoms with Gasteiger partial charge in [-0.25, -0.2) is 0 Å². The average molecular weight is 435 g/mol. The van der Waals surface area contributed by atoms with Gasteiger partial charge >= 0.3 is 0 Å². The van der Waals surface area contributed by atoms with Crippen molar-refractivity contribution in [2.45, 2.75) is 117 Å². The fourth-order valence-electron chi connectivity index (χ4n) is 9.11. The summed E-state index contributed by atoms with van der Waals surface area (Å²) < 4.78 is 0. The highest BCUT2D eigenvalue weighted by atomic mass is 16.3. The van der Waals surface area contributed by atoms with Crippen molar-refractivity contribution in [3.05, 3.63) is 0 Å². The molecule has 0 unspecified atom stereocenters. The number of carbonyl (C=O) groups excluding carboxylic acids is 1. The number of hydrogen-bond acceptors (Lipinski definition) is 4. The van der Waals surface area contributed by atoms with Crippen molar-refractivity contribution < 1.29 is 20.1 Å². The third-order valence-electron chi connectivity index (χ3n) is 10.9. The van der Waals surface area contributed by atoms with Crippen LogP contribution in [-0.2, 0) is 4.79 Å². The number of hydrogen-bond donors (Lipinski definition) is 3. The summed E-state index contributed by atoms with van der Waals surface area (Å²) in [6.07, 6.45) is 7.60. The molecule has 0 amide bonds. The second kappa shape index (κ2) is 8.09. The Bertz CT molecular complexity index is 691. The van der Waals surface area contributed by atoms with E-state index >= 15 is 0 Å². The quantitative estimate of drug-likeness (QED) is 0.584. The van der Waals surface area contributed by atoms with E-state index in [1.807, 2.05) is 6.92 Å². The van der Waals surface area contributed by atoms with Crippen LogP contribution in [0.5, 0.6) is 0 Å². The van der Waals surface area contributed by atoms with Crippen LogP contribution in [0.1, 0.15) is 98.8 Å². The first kappa shape index (κ1) is 23.7. The average Bonchev–Trinajstić information content (AvgIpc) is 3.02. The predicted octanol–water partition coefficient (Wildman–Crippen LogP) is 4.73. The van der Waals surface area contributed by atoms with Gasteiger partial charge in [-0.3, -0.25) is 4.79 Å². The molecular formula is C27H46O4. The molecule has 0 aromatic rings. The predicted molar refractivity (Wildman–Crippen MR) is 122 cm³/mol. The number of ketones is 1. The molecule has 4 aliphatic carbocycles. The molecule has 4 fully saturated rings. The van der Waals surface area contributed by atoms with E-state index in [0.29, 0.717) is 24.2 Å². The van der Waals surface area contributed by atoms with Gasteiger partial charge in [-0.2, -0.15) is 0 Å². The molecule has 0 aliphatic heterocycles. The zero-order valence-corrected chi connectivity index (χ0v) is 20.4. The van der Waals surface area contributed by atoms with Crippen LogP contribution < -0.4 is 0 Å². The largest absolute Gasteiger partial charge is 0.393 e. The van der Waals surface area contributed by atoms with Crippen molar-refractivity contribution in [3.63, 3.8) is 0 Å². The van der Waals surface area contributed by atoms with Crippen molar-refractivity contribution in [2.75, 3.05) is 0 Å². The number of Topliss-reactive ketones (excluding diaryl/α,β-unsaturated/α-hetero) is 1. The van der Waals surface area contributed by atoms with Crippen LogP contribution in [0.4, 0.5) is 0 Å². The Morgan fingerprint density at radius 3 is 2.42 bits per heavy atom. The maximum Gasteiger partial charge on any atom is 0.165 e. The van der Waals surface area contributed by atoms with E-state index in [1.54, 1.807) is 0 Å². The zero-order chi connectivity index (χ0) is 22.8. The molecule has 31 heavy (non-hydrogen) atoms. The van der Waals surface area contributed by atoms with Crippen LogP contribution in [0.2, 0.25) is 0 Å².